The molecule has 0 saturated carbocycles. The summed E-state index contributed by atoms with van der Waals surface area (Å²) in [6, 6.07) is 5.99. The van der Waals surface area contributed by atoms with Crippen molar-refractivity contribution in [2.75, 3.05) is 0 Å². The van der Waals surface area contributed by atoms with Crippen molar-refractivity contribution < 1.29 is 21.9 Å². The Morgan fingerprint density at radius 3 is 2.65 bits per heavy atom. The Labute approximate surface area is 161 Å². The smallest absolute Gasteiger partial charge is 0.201 e. The molecule has 26 heavy (non-hydrogen) atoms. The molecular weight excluding hydrogens is 423 g/mol. The molecule has 0 atom stereocenters. The van der Waals surface area contributed by atoms with Crippen LogP contribution in [0.2, 0.25) is 10.0 Å². The van der Waals surface area contributed by atoms with Crippen molar-refractivity contribution in [1.82, 2.24) is 9.71 Å². The van der Waals surface area contributed by atoms with Gasteiger partial charge in [-0.05, 0) is 23.3 Å². The van der Waals surface area contributed by atoms with Gasteiger partial charge in [-0.2, -0.15) is 0 Å². The molecule has 0 bridgehead atoms. The zero-order chi connectivity index (χ0) is 19.1. The van der Waals surface area contributed by atoms with Crippen LogP contribution in [0.1, 0.15) is 22.4 Å². The number of halogens is 2. The van der Waals surface area contributed by atoms with Crippen LogP contribution in [0.4, 0.5) is 0 Å². The molecule has 0 radical (unpaired) electrons. The van der Waals surface area contributed by atoms with Gasteiger partial charge in [0.15, 0.2) is 15.6 Å². The van der Waals surface area contributed by atoms with Crippen LogP contribution >= 0.6 is 23.2 Å². The van der Waals surface area contributed by atoms with Gasteiger partial charge >= 0.3 is 0 Å². The Hall–Kier alpha value is -1.65. The molecule has 11 heteroatoms. The molecule has 0 aliphatic carbocycles. The topological polar surface area (TPSA) is 113 Å². The van der Waals surface area contributed by atoms with E-state index in [4.69, 9.17) is 23.2 Å². The predicted octanol–water partition coefficient (Wildman–Crippen LogP) is 2.32. The summed E-state index contributed by atoms with van der Waals surface area (Å²) in [4.78, 5) is 3.61. The highest BCUT2D eigenvalue weighted by Crippen LogP contribution is 2.43. The zero-order valence-corrected chi connectivity index (χ0v) is 16.2. The van der Waals surface area contributed by atoms with Gasteiger partial charge in [-0.25, -0.2) is 21.6 Å². The van der Waals surface area contributed by atoms with Crippen molar-refractivity contribution >= 4 is 54.6 Å². The summed E-state index contributed by atoms with van der Waals surface area (Å²) in [5, 5.41) is 10.5. The molecule has 2 heterocycles. The number of aromatic nitrogens is 1. The predicted molar refractivity (Wildman–Crippen MR) is 99.9 cm³/mol. The standard InChI is InChI=1S/C15H12Cl2N2O5S2/c16-10-4-3-8(6-19-25(21)22)12(17)11(10)15-14(20)13-9(2-1-5-18-13)7-26(15,23)24/h1-5,20,25H,6-7H2,(H,19,21,22). The minimum Gasteiger partial charge on any atom is -0.504 e. The van der Waals surface area contributed by atoms with E-state index in [1.165, 1.54) is 18.3 Å². The minimum absolute atomic E-state index is 0.00904. The van der Waals surface area contributed by atoms with Crippen LogP contribution in [0, 0.1) is 0 Å². The van der Waals surface area contributed by atoms with Crippen LogP contribution < -0.4 is 4.72 Å². The molecule has 1 aromatic carbocycles. The van der Waals surface area contributed by atoms with Gasteiger partial charge in [-0.15, -0.1) is 0 Å². The molecule has 0 spiro atoms. The maximum Gasteiger partial charge on any atom is 0.201 e. The second-order valence-electron chi connectivity index (χ2n) is 5.44. The van der Waals surface area contributed by atoms with Crippen molar-refractivity contribution in [3.8, 4) is 0 Å². The van der Waals surface area contributed by atoms with Crippen LogP contribution in [0.15, 0.2) is 30.5 Å². The summed E-state index contributed by atoms with van der Waals surface area (Å²) in [6.07, 6.45) is 1.43. The number of nitrogens with one attached hydrogen (secondary N) is 1. The molecule has 0 unspecified atom stereocenters. The fraction of sp³-hybridized carbons (Fsp3) is 0.133. The van der Waals surface area contributed by atoms with Gasteiger partial charge in [-0.1, -0.05) is 35.3 Å². The maximum atomic E-state index is 12.8. The molecular formula is C15H12Cl2N2O5S2. The monoisotopic (exact) mass is 434 g/mol. The first-order chi connectivity index (χ1) is 12.2. The third kappa shape index (κ3) is 3.45. The Morgan fingerprint density at radius 1 is 1.23 bits per heavy atom. The molecule has 2 aromatic rings. The van der Waals surface area contributed by atoms with E-state index in [-0.39, 0.29) is 33.6 Å². The van der Waals surface area contributed by atoms with Crippen LogP contribution in [0.3, 0.4) is 0 Å². The Balaban J connectivity index is 2.26. The number of pyridine rings is 1. The fourth-order valence-corrected chi connectivity index (χ4v) is 5.40. The number of aliphatic hydroxyl groups is 1. The third-order valence-electron chi connectivity index (χ3n) is 3.78. The first-order valence-corrected chi connectivity index (χ1v) is 10.8. The van der Waals surface area contributed by atoms with Gasteiger partial charge in [0.05, 0.1) is 15.8 Å². The molecule has 0 amide bonds. The fourth-order valence-electron chi connectivity index (χ4n) is 2.66. The molecule has 1 aromatic heterocycles. The van der Waals surface area contributed by atoms with Crippen LogP contribution in [0.25, 0.3) is 10.7 Å². The number of nitrogens with zero attached hydrogens (tertiary/aromatic N) is 1. The van der Waals surface area contributed by atoms with E-state index >= 15 is 0 Å². The van der Waals surface area contributed by atoms with Crippen molar-refractivity contribution in [3.05, 3.63) is 62.9 Å². The number of fused-ring (bicyclic) bond motifs is 1. The lowest BCUT2D eigenvalue weighted by Crippen LogP contribution is -2.18. The van der Waals surface area contributed by atoms with E-state index in [2.05, 4.69) is 9.71 Å². The number of rotatable bonds is 4. The van der Waals surface area contributed by atoms with Crippen molar-refractivity contribution in [3.63, 3.8) is 0 Å². The number of aliphatic hydroxyl groups excluding tert-OH is 1. The molecule has 2 N–H and O–H groups in total. The van der Waals surface area contributed by atoms with Gasteiger partial charge in [-0.3, -0.25) is 4.98 Å². The summed E-state index contributed by atoms with van der Waals surface area (Å²) in [7, 11) is -6.81. The SMILES string of the molecule is O=[SH](=O)NCc1ccc(Cl)c(C2=C(O)c3ncccc3CS2(=O)=O)c1Cl. The molecule has 7 nitrogen and oxygen atoms in total. The normalized spacial score (nSPS) is 16.0. The third-order valence-corrected chi connectivity index (χ3v) is 6.66. The molecule has 0 fully saturated rings. The zero-order valence-electron chi connectivity index (χ0n) is 12.9. The average molecular weight is 435 g/mol. The first kappa shape index (κ1) is 19.1. The van der Waals surface area contributed by atoms with E-state index in [0.717, 1.165) is 0 Å². The summed E-state index contributed by atoms with van der Waals surface area (Å²) in [5.74, 6) is -0.910. The maximum absolute atomic E-state index is 12.8. The van der Waals surface area contributed by atoms with E-state index in [0.29, 0.717) is 11.1 Å². The molecule has 0 saturated heterocycles. The molecule has 138 valence electrons. The van der Waals surface area contributed by atoms with Gasteiger partial charge < -0.3 is 5.11 Å². The second kappa shape index (κ2) is 7.16. The summed E-state index contributed by atoms with van der Waals surface area (Å²) < 4.78 is 49.2. The highest BCUT2D eigenvalue weighted by atomic mass is 35.5. The average Bonchev–Trinajstić information content (AvgIpc) is 2.56. The Morgan fingerprint density at radius 2 is 1.96 bits per heavy atom. The van der Waals surface area contributed by atoms with E-state index < -0.39 is 31.4 Å². The van der Waals surface area contributed by atoms with E-state index in [1.54, 1.807) is 12.1 Å². The lowest BCUT2D eigenvalue weighted by molar-refractivity contribution is 0.508. The molecule has 1 aliphatic rings. The van der Waals surface area contributed by atoms with Crippen molar-refractivity contribution in [2.45, 2.75) is 12.3 Å². The van der Waals surface area contributed by atoms with E-state index in [9.17, 15) is 21.9 Å². The number of thiol groups is 1. The number of hydrogen-bond acceptors (Lipinski definition) is 6. The van der Waals surface area contributed by atoms with Crippen molar-refractivity contribution in [1.29, 1.82) is 0 Å². The second-order valence-corrected chi connectivity index (χ2v) is 8.98. The quantitative estimate of drug-likeness (QED) is 0.636. The van der Waals surface area contributed by atoms with Crippen molar-refractivity contribution in [2.24, 2.45) is 0 Å². The summed E-state index contributed by atoms with van der Waals surface area (Å²) in [5.41, 5.74) is 0.730. The van der Waals surface area contributed by atoms with Crippen LogP contribution in [-0.2, 0) is 33.0 Å². The van der Waals surface area contributed by atoms with Crippen LogP contribution in [-0.4, -0.2) is 26.9 Å². The van der Waals surface area contributed by atoms with Crippen LogP contribution in [0.5, 0.6) is 0 Å². The first-order valence-electron chi connectivity index (χ1n) is 7.17. The number of benzene rings is 1. The van der Waals surface area contributed by atoms with Gasteiger partial charge in [0, 0.05) is 18.3 Å². The minimum atomic E-state index is -3.95. The summed E-state index contributed by atoms with van der Waals surface area (Å²) >= 11 is 12.5. The Kier molecular flexibility index (Phi) is 5.27. The largest absolute Gasteiger partial charge is 0.504 e. The Bertz CT molecular complexity index is 1100. The summed E-state index contributed by atoms with van der Waals surface area (Å²) in [6.45, 7) is -0.148. The molecule has 3 rings (SSSR count). The lowest BCUT2D eigenvalue weighted by atomic mass is 10.1. The van der Waals surface area contributed by atoms with Gasteiger partial charge in [0.2, 0.25) is 10.9 Å². The highest BCUT2D eigenvalue weighted by molar-refractivity contribution is 8.00. The van der Waals surface area contributed by atoms with E-state index in [1.807, 2.05) is 0 Å². The number of hydrogen-bond donors (Lipinski definition) is 3. The number of sulfone groups is 1. The van der Waals surface area contributed by atoms with Gasteiger partial charge in [0.25, 0.3) is 0 Å². The highest BCUT2D eigenvalue weighted by Gasteiger charge is 2.35. The van der Waals surface area contributed by atoms with Gasteiger partial charge in [0.1, 0.15) is 10.6 Å². The lowest BCUT2D eigenvalue weighted by Gasteiger charge is -2.21. The molecule has 1 aliphatic heterocycles.